The Hall–Kier alpha value is -1.91. The van der Waals surface area contributed by atoms with Gasteiger partial charge in [-0.25, -0.2) is 9.98 Å². The molecule has 0 aliphatic rings. The van der Waals surface area contributed by atoms with Crippen molar-refractivity contribution < 1.29 is 13.5 Å². The van der Waals surface area contributed by atoms with Crippen LogP contribution in [0.4, 0.5) is 8.78 Å². The second-order valence-electron chi connectivity index (χ2n) is 5.26. The first-order valence-electron chi connectivity index (χ1n) is 8.19. The zero-order valence-electron chi connectivity index (χ0n) is 14.6. The molecule has 1 aromatic carbocycles. The molecule has 6 nitrogen and oxygen atoms in total. The SMILES string of the molecule is CCNC(=NCc1ccccc1OC(F)F)NCCCn1ccnc1.I. The Kier molecular flexibility index (Phi) is 10.6. The van der Waals surface area contributed by atoms with Crippen LogP contribution in [0.2, 0.25) is 0 Å². The minimum absolute atomic E-state index is 0. The maximum Gasteiger partial charge on any atom is 0.387 e. The lowest BCUT2D eigenvalue weighted by Gasteiger charge is -2.13. The van der Waals surface area contributed by atoms with Crippen molar-refractivity contribution in [2.45, 2.75) is 33.0 Å². The van der Waals surface area contributed by atoms with E-state index in [0.29, 0.717) is 18.1 Å². The molecular formula is C17H24F2IN5O. The summed E-state index contributed by atoms with van der Waals surface area (Å²) in [5.74, 6) is 0.789. The molecule has 2 rings (SSSR count). The second kappa shape index (κ2) is 12.4. The average Bonchev–Trinajstić information content (AvgIpc) is 3.10. The molecule has 0 amide bonds. The van der Waals surface area contributed by atoms with E-state index in [1.807, 2.05) is 17.7 Å². The predicted octanol–water partition coefficient (Wildman–Crippen LogP) is 3.25. The molecule has 0 radical (unpaired) electrons. The first kappa shape index (κ1) is 22.1. The van der Waals surface area contributed by atoms with Crippen molar-refractivity contribution in [1.29, 1.82) is 0 Å². The zero-order valence-corrected chi connectivity index (χ0v) is 16.9. The Morgan fingerprint density at radius 3 is 2.81 bits per heavy atom. The quantitative estimate of drug-likeness (QED) is 0.251. The summed E-state index contributed by atoms with van der Waals surface area (Å²) >= 11 is 0. The van der Waals surface area contributed by atoms with E-state index in [9.17, 15) is 8.78 Å². The van der Waals surface area contributed by atoms with E-state index in [1.54, 1.807) is 30.7 Å². The first-order chi connectivity index (χ1) is 12.2. The Morgan fingerprint density at radius 2 is 2.12 bits per heavy atom. The van der Waals surface area contributed by atoms with E-state index >= 15 is 0 Å². The third-order valence-electron chi connectivity index (χ3n) is 3.39. The predicted molar refractivity (Wildman–Crippen MR) is 108 cm³/mol. The highest BCUT2D eigenvalue weighted by Crippen LogP contribution is 2.20. The van der Waals surface area contributed by atoms with E-state index < -0.39 is 6.61 Å². The van der Waals surface area contributed by atoms with Gasteiger partial charge in [-0.15, -0.1) is 24.0 Å². The molecular weight excluding hydrogens is 455 g/mol. The molecule has 2 N–H and O–H groups in total. The molecule has 0 aliphatic carbocycles. The summed E-state index contributed by atoms with van der Waals surface area (Å²) in [5.41, 5.74) is 0.610. The number of nitrogens with one attached hydrogen (secondary N) is 2. The van der Waals surface area contributed by atoms with Crippen molar-refractivity contribution in [3.05, 3.63) is 48.5 Å². The Bertz CT molecular complexity index is 652. The summed E-state index contributed by atoms with van der Waals surface area (Å²) in [4.78, 5) is 8.43. The molecule has 26 heavy (non-hydrogen) atoms. The molecule has 1 aromatic heterocycles. The van der Waals surface area contributed by atoms with Gasteiger partial charge in [0, 0.05) is 37.6 Å². The number of alkyl halides is 2. The molecule has 144 valence electrons. The molecule has 0 aliphatic heterocycles. The van der Waals surface area contributed by atoms with Crippen LogP contribution in [0.5, 0.6) is 5.75 Å². The number of aromatic nitrogens is 2. The minimum atomic E-state index is -2.85. The smallest absolute Gasteiger partial charge is 0.387 e. The monoisotopic (exact) mass is 479 g/mol. The van der Waals surface area contributed by atoms with Crippen LogP contribution in [-0.4, -0.2) is 35.2 Å². The first-order valence-corrected chi connectivity index (χ1v) is 8.19. The van der Waals surface area contributed by atoms with E-state index in [0.717, 1.165) is 19.5 Å². The van der Waals surface area contributed by atoms with Gasteiger partial charge in [-0.1, -0.05) is 18.2 Å². The number of guanidine groups is 1. The minimum Gasteiger partial charge on any atom is -0.434 e. The van der Waals surface area contributed by atoms with Gasteiger partial charge in [0.1, 0.15) is 5.75 Å². The largest absolute Gasteiger partial charge is 0.434 e. The molecule has 0 fully saturated rings. The molecule has 0 bridgehead atoms. The van der Waals surface area contributed by atoms with Crippen LogP contribution in [0.3, 0.4) is 0 Å². The number of hydrogen-bond donors (Lipinski definition) is 2. The van der Waals surface area contributed by atoms with Gasteiger partial charge in [0.2, 0.25) is 0 Å². The van der Waals surface area contributed by atoms with Crippen LogP contribution >= 0.6 is 24.0 Å². The Morgan fingerprint density at radius 1 is 1.31 bits per heavy atom. The lowest BCUT2D eigenvalue weighted by atomic mass is 10.2. The number of aliphatic imine (C=N–C) groups is 1. The number of nitrogens with zero attached hydrogens (tertiary/aromatic N) is 3. The van der Waals surface area contributed by atoms with Crippen LogP contribution in [-0.2, 0) is 13.1 Å². The fourth-order valence-corrected chi connectivity index (χ4v) is 2.24. The zero-order chi connectivity index (χ0) is 17.9. The van der Waals surface area contributed by atoms with Gasteiger partial charge in [0.25, 0.3) is 0 Å². The summed E-state index contributed by atoms with van der Waals surface area (Å²) in [7, 11) is 0. The van der Waals surface area contributed by atoms with E-state index in [2.05, 4.69) is 25.3 Å². The van der Waals surface area contributed by atoms with Gasteiger partial charge in [-0.05, 0) is 19.4 Å². The Labute approximate surface area is 169 Å². The average molecular weight is 479 g/mol. The van der Waals surface area contributed by atoms with Crippen molar-refractivity contribution in [1.82, 2.24) is 20.2 Å². The van der Waals surface area contributed by atoms with Crippen LogP contribution in [0.25, 0.3) is 0 Å². The molecule has 0 spiro atoms. The number of para-hydroxylation sites is 1. The highest BCUT2D eigenvalue weighted by molar-refractivity contribution is 14.0. The van der Waals surface area contributed by atoms with Gasteiger partial charge >= 0.3 is 6.61 Å². The fraction of sp³-hybridized carbons (Fsp3) is 0.412. The van der Waals surface area contributed by atoms with Crippen LogP contribution in [0.15, 0.2) is 48.0 Å². The van der Waals surface area contributed by atoms with Gasteiger partial charge in [0.05, 0.1) is 12.9 Å². The van der Waals surface area contributed by atoms with Crippen molar-refractivity contribution in [2.75, 3.05) is 13.1 Å². The summed E-state index contributed by atoms with van der Waals surface area (Å²) in [6.07, 6.45) is 6.35. The van der Waals surface area contributed by atoms with Crippen LogP contribution in [0, 0.1) is 0 Å². The van der Waals surface area contributed by atoms with Gasteiger partial charge in [-0.3, -0.25) is 0 Å². The molecule has 0 atom stereocenters. The van der Waals surface area contributed by atoms with Gasteiger partial charge in [-0.2, -0.15) is 8.78 Å². The third-order valence-corrected chi connectivity index (χ3v) is 3.39. The third kappa shape index (κ3) is 7.98. The van der Waals surface area contributed by atoms with Crippen LogP contribution in [0.1, 0.15) is 18.9 Å². The summed E-state index contributed by atoms with van der Waals surface area (Å²) < 4.78 is 31.4. The number of hydrogen-bond acceptors (Lipinski definition) is 3. The van der Waals surface area contributed by atoms with Crippen molar-refractivity contribution in [3.63, 3.8) is 0 Å². The fourth-order valence-electron chi connectivity index (χ4n) is 2.24. The van der Waals surface area contributed by atoms with E-state index in [4.69, 9.17) is 0 Å². The molecule has 0 unspecified atom stereocenters. The number of aryl methyl sites for hydroxylation is 1. The lowest BCUT2D eigenvalue weighted by molar-refractivity contribution is -0.0504. The molecule has 9 heteroatoms. The summed E-state index contributed by atoms with van der Waals surface area (Å²) in [5, 5.41) is 6.37. The number of imidazole rings is 1. The summed E-state index contributed by atoms with van der Waals surface area (Å²) in [6, 6.07) is 6.67. The maximum atomic E-state index is 12.5. The van der Waals surface area contributed by atoms with Crippen molar-refractivity contribution >= 4 is 29.9 Å². The molecule has 2 aromatic rings. The highest BCUT2D eigenvalue weighted by Gasteiger charge is 2.08. The number of halogens is 3. The molecule has 0 saturated carbocycles. The topological polar surface area (TPSA) is 63.5 Å². The molecule has 1 heterocycles. The highest BCUT2D eigenvalue weighted by atomic mass is 127. The van der Waals surface area contributed by atoms with Gasteiger partial charge in [0.15, 0.2) is 5.96 Å². The molecule has 0 saturated heterocycles. The second-order valence-corrected chi connectivity index (χ2v) is 5.26. The maximum absolute atomic E-state index is 12.5. The normalized spacial score (nSPS) is 11.2. The van der Waals surface area contributed by atoms with E-state index in [1.165, 1.54) is 6.07 Å². The lowest BCUT2D eigenvalue weighted by Crippen LogP contribution is -2.38. The number of rotatable bonds is 9. The van der Waals surface area contributed by atoms with Crippen molar-refractivity contribution in [3.8, 4) is 5.75 Å². The van der Waals surface area contributed by atoms with Crippen LogP contribution < -0.4 is 15.4 Å². The standard InChI is InChI=1S/C17H23F2N5O.HI/c1-2-21-17(22-8-5-10-24-11-9-20-13-24)23-12-14-6-3-4-7-15(14)25-16(18)19;/h3-4,6-7,9,11,13,16H,2,5,8,10,12H2,1H3,(H2,21,22,23);1H. The van der Waals surface area contributed by atoms with Gasteiger partial charge < -0.3 is 19.9 Å². The van der Waals surface area contributed by atoms with E-state index in [-0.39, 0.29) is 36.3 Å². The Balaban J connectivity index is 0.00000338. The van der Waals surface area contributed by atoms with Crippen molar-refractivity contribution in [2.24, 2.45) is 4.99 Å². The number of ether oxygens (including phenoxy) is 1. The number of benzene rings is 1. The summed E-state index contributed by atoms with van der Waals surface area (Å²) in [6.45, 7) is 1.68.